The molecule has 1 amide bonds. The van der Waals surface area contributed by atoms with Crippen LogP contribution in [0.25, 0.3) is 10.2 Å². The largest absolute Gasteiger partial charge is 0.357 e. The van der Waals surface area contributed by atoms with Crippen LogP contribution in [0.1, 0.15) is 67.8 Å². The number of carbonyl (C=O) groups is 1. The quantitative estimate of drug-likeness (QED) is 0.397. The highest BCUT2D eigenvalue weighted by Crippen LogP contribution is 2.34. The monoisotopic (exact) mass is 424 g/mol. The van der Waals surface area contributed by atoms with Crippen LogP contribution in [0, 0.1) is 12.8 Å². The Labute approximate surface area is 183 Å². The van der Waals surface area contributed by atoms with Crippen molar-refractivity contribution in [3.05, 3.63) is 47.0 Å². The SMILES string of the molecule is CCCCCCC1CC1.CNc1ncc2scc(C(=O)Nc3ccc(C)cc3)c2n1. The first-order chi connectivity index (χ1) is 14.6. The summed E-state index contributed by atoms with van der Waals surface area (Å²) in [4.78, 5) is 20.9. The van der Waals surface area contributed by atoms with E-state index in [1.54, 1.807) is 13.2 Å². The third kappa shape index (κ3) is 6.52. The molecule has 2 aromatic heterocycles. The van der Waals surface area contributed by atoms with Gasteiger partial charge in [0.25, 0.3) is 5.91 Å². The zero-order chi connectivity index (χ0) is 21.3. The number of rotatable bonds is 8. The predicted molar refractivity (Wildman–Crippen MR) is 128 cm³/mol. The maximum Gasteiger partial charge on any atom is 0.258 e. The second kappa shape index (κ2) is 11.1. The van der Waals surface area contributed by atoms with Gasteiger partial charge in [-0.25, -0.2) is 9.97 Å². The molecule has 1 aliphatic carbocycles. The van der Waals surface area contributed by atoms with Gasteiger partial charge < -0.3 is 10.6 Å². The molecule has 5 nitrogen and oxygen atoms in total. The molecule has 0 radical (unpaired) electrons. The number of nitrogens with zero attached hydrogens (tertiary/aromatic N) is 2. The second-order valence-electron chi connectivity index (χ2n) is 7.92. The normalized spacial score (nSPS) is 12.9. The highest BCUT2D eigenvalue weighted by molar-refractivity contribution is 7.17. The average Bonchev–Trinajstić information content (AvgIpc) is 3.49. The lowest BCUT2D eigenvalue weighted by molar-refractivity contribution is 0.102. The topological polar surface area (TPSA) is 66.9 Å². The van der Waals surface area contributed by atoms with Crippen LogP contribution in [0.3, 0.4) is 0 Å². The molecule has 0 saturated heterocycles. The minimum atomic E-state index is -0.161. The molecular formula is C24H32N4OS. The summed E-state index contributed by atoms with van der Waals surface area (Å²) in [6, 6.07) is 7.69. The highest BCUT2D eigenvalue weighted by atomic mass is 32.1. The number of hydrogen-bond acceptors (Lipinski definition) is 5. The van der Waals surface area contributed by atoms with Crippen LogP contribution in [0.15, 0.2) is 35.8 Å². The minimum Gasteiger partial charge on any atom is -0.357 e. The highest BCUT2D eigenvalue weighted by Gasteiger charge is 2.19. The number of unbranched alkanes of at least 4 members (excludes halogenated alkanes) is 3. The third-order valence-corrected chi connectivity index (χ3v) is 6.16. The van der Waals surface area contributed by atoms with Crippen LogP contribution < -0.4 is 10.6 Å². The summed E-state index contributed by atoms with van der Waals surface area (Å²) in [7, 11) is 1.75. The molecule has 1 aliphatic rings. The number of thiophene rings is 1. The summed E-state index contributed by atoms with van der Waals surface area (Å²) < 4.78 is 0.892. The second-order valence-corrected chi connectivity index (χ2v) is 8.83. The van der Waals surface area contributed by atoms with E-state index in [-0.39, 0.29) is 5.91 Å². The smallest absolute Gasteiger partial charge is 0.258 e. The first-order valence-electron chi connectivity index (χ1n) is 10.9. The molecule has 30 heavy (non-hydrogen) atoms. The van der Waals surface area contributed by atoms with Gasteiger partial charge in [-0.1, -0.05) is 69.6 Å². The molecule has 1 aromatic carbocycles. The maximum atomic E-state index is 12.4. The van der Waals surface area contributed by atoms with Crippen molar-refractivity contribution in [2.24, 2.45) is 5.92 Å². The molecule has 2 N–H and O–H groups in total. The van der Waals surface area contributed by atoms with Crippen molar-refractivity contribution >= 4 is 39.1 Å². The molecule has 0 bridgehead atoms. The van der Waals surface area contributed by atoms with E-state index in [4.69, 9.17) is 0 Å². The first kappa shape index (κ1) is 22.2. The fourth-order valence-electron chi connectivity index (χ4n) is 3.21. The van der Waals surface area contributed by atoms with E-state index in [1.165, 1.54) is 56.3 Å². The van der Waals surface area contributed by atoms with Gasteiger partial charge in [0, 0.05) is 18.1 Å². The Kier molecular flexibility index (Phi) is 8.20. The molecule has 4 rings (SSSR count). The molecule has 160 valence electrons. The van der Waals surface area contributed by atoms with Crippen LogP contribution >= 0.6 is 11.3 Å². The van der Waals surface area contributed by atoms with E-state index < -0.39 is 0 Å². The van der Waals surface area contributed by atoms with Gasteiger partial charge in [0.05, 0.1) is 22.0 Å². The standard InChI is InChI=1S/C15H14N4OS.C9H18/c1-9-3-5-10(6-4-9)18-14(20)11-8-21-12-7-17-15(16-2)19-13(11)12;1-2-3-4-5-6-9-7-8-9/h3-8H,1-2H3,(H,18,20)(H,16,17,19);9H,2-8H2,1H3. The summed E-state index contributed by atoms with van der Waals surface area (Å²) in [5.41, 5.74) is 3.16. The Morgan fingerprint density at radius 2 is 1.93 bits per heavy atom. The van der Waals surface area contributed by atoms with Crippen molar-refractivity contribution in [1.82, 2.24) is 9.97 Å². The molecule has 1 saturated carbocycles. The summed E-state index contributed by atoms with van der Waals surface area (Å²) in [6.07, 6.45) is 12.1. The molecule has 0 spiro atoms. The molecule has 6 heteroatoms. The van der Waals surface area contributed by atoms with Crippen LogP contribution in [0.4, 0.5) is 11.6 Å². The average molecular weight is 425 g/mol. The lowest BCUT2D eigenvalue weighted by Gasteiger charge is -2.05. The number of hydrogen-bond donors (Lipinski definition) is 2. The van der Waals surface area contributed by atoms with Crippen molar-refractivity contribution in [3.8, 4) is 0 Å². The Balaban J connectivity index is 0.000000239. The zero-order valence-corrected chi connectivity index (χ0v) is 19.0. The molecular weight excluding hydrogens is 392 g/mol. The van der Waals surface area contributed by atoms with E-state index in [0.717, 1.165) is 21.9 Å². The molecule has 0 atom stereocenters. The van der Waals surface area contributed by atoms with Crippen molar-refractivity contribution in [2.45, 2.75) is 58.8 Å². The van der Waals surface area contributed by atoms with E-state index in [2.05, 4.69) is 27.5 Å². The number of amides is 1. The van der Waals surface area contributed by atoms with Gasteiger partial charge in [0.2, 0.25) is 5.95 Å². The van der Waals surface area contributed by atoms with Crippen molar-refractivity contribution < 1.29 is 4.79 Å². The van der Waals surface area contributed by atoms with E-state index in [9.17, 15) is 4.79 Å². The van der Waals surface area contributed by atoms with Crippen molar-refractivity contribution in [2.75, 3.05) is 17.7 Å². The zero-order valence-electron chi connectivity index (χ0n) is 18.2. The third-order valence-electron chi connectivity index (χ3n) is 5.25. The molecule has 1 fully saturated rings. The number of anilines is 2. The van der Waals surface area contributed by atoms with Crippen molar-refractivity contribution in [1.29, 1.82) is 0 Å². The van der Waals surface area contributed by atoms with Gasteiger partial charge in [0.1, 0.15) is 0 Å². The lowest BCUT2D eigenvalue weighted by atomic mass is 10.1. The summed E-state index contributed by atoms with van der Waals surface area (Å²) in [6.45, 7) is 4.28. The molecule has 0 aliphatic heterocycles. The Morgan fingerprint density at radius 1 is 1.17 bits per heavy atom. The number of nitrogens with one attached hydrogen (secondary N) is 2. The fraction of sp³-hybridized carbons (Fsp3) is 0.458. The lowest BCUT2D eigenvalue weighted by Crippen LogP contribution is -2.11. The van der Waals surface area contributed by atoms with Crippen LogP contribution in [0.2, 0.25) is 0 Å². The minimum absolute atomic E-state index is 0.161. The number of benzene rings is 1. The Morgan fingerprint density at radius 3 is 2.60 bits per heavy atom. The van der Waals surface area contributed by atoms with Crippen molar-refractivity contribution in [3.63, 3.8) is 0 Å². The van der Waals surface area contributed by atoms with Gasteiger partial charge in [-0.05, 0) is 25.0 Å². The van der Waals surface area contributed by atoms with E-state index in [0.29, 0.717) is 17.0 Å². The molecule has 3 aromatic rings. The van der Waals surface area contributed by atoms with E-state index >= 15 is 0 Å². The first-order valence-corrected chi connectivity index (χ1v) is 11.8. The molecule has 0 unspecified atom stereocenters. The van der Waals surface area contributed by atoms with Gasteiger partial charge in [-0.3, -0.25) is 4.79 Å². The van der Waals surface area contributed by atoms with E-state index in [1.807, 2.05) is 36.6 Å². The number of aryl methyl sites for hydroxylation is 1. The van der Waals surface area contributed by atoms with Crippen LogP contribution in [0.5, 0.6) is 0 Å². The number of carbonyl (C=O) groups excluding carboxylic acids is 1. The van der Waals surface area contributed by atoms with Gasteiger partial charge in [-0.2, -0.15) is 0 Å². The molecule has 2 heterocycles. The number of aromatic nitrogens is 2. The summed E-state index contributed by atoms with van der Waals surface area (Å²) >= 11 is 1.46. The number of fused-ring (bicyclic) bond motifs is 1. The summed E-state index contributed by atoms with van der Waals surface area (Å²) in [5.74, 6) is 1.50. The van der Waals surface area contributed by atoms with Gasteiger partial charge in [-0.15, -0.1) is 11.3 Å². The predicted octanol–water partition coefficient (Wildman–Crippen LogP) is 6.66. The van der Waals surface area contributed by atoms with Crippen LogP contribution in [-0.2, 0) is 0 Å². The van der Waals surface area contributed by atoms with Crippen LogP contribution in [-0.4, -0.2) is 22.9 Å². The Hall–Kier alpha value is -2.47. The van der Waals surface area contributed by atoms with Gasteiger partial charge in [0.15, 0.2) is 0 Å². The summed E-state index contributed by atoms with van der Waals surface area (Å²) in [5, 5.41) is 7.58. The van der Waals surface area contributed by atoms with Gasteiger partial charge >= 0.3 is 0 Å². The fourth-order valence-corrected chi connectivity index (χ4v) is 4.06. The maximum absolute atomic E-state index is 12.4. The Bertz CT molecular complexity index is 947.